The van der Waals surface area contributed by atoms with E-state index in [1.807, 2.05) is 39.0 Å². The molecule has 0 unspecified atom stereocenters. The van der Waals surface area contributed by atoms with Crippen molar-refractivity contribution in [2.45, 2.75) is 40.5 Å². The number of nitrogens with two attached hydrogens (primary N) is 1. The molecule has 1 aliphatic rings. The summed E-state index contributed by atoms with van der Waals surface area (Å²) in [5, 5.41) is 2.92. The lowest BCUT2D eigenvalue weighted by Crippen LogP contribution is -2.33. The van der Waals surface area contributed by atoms with Gasteiger partial charge in [0.05, 0.1) is 11.4 Å². The quantitative estimate of drug-likeness (QED) is 0.819. The fourth-order valence-corrected chi connectivity index (χ4v) is 2.49. The molecule has 0 radical (unpaired) electrons. The van der Waals surface area contributed by atoms with E-state index in [0.717, 1.165) is 36.1 Å². The van der Waals surface area contributed by atoms with Crippen LogP contribution in [-0.4, -0.2) is 19.0 Å². The van der Waals surface area contributed by atoms with Crippen LogP contribution >= 0.6 is 0 Å². The zero-order valence-electron chi connectivity index (χ0n) is 13.6. The number of carbonyl (C=O) groups excluding carboxylic acids is 1. The minimum atomic E-state index is -0.406. The smallest absolute Gasteiger partial charge is 0.229 e. The number of carbonyl (C=O) groups is 1. The Labute approximate surface area is 127 Å². The van der Waals surface area contributed by atoms with Gasteiger partial charge in [-0.1, -0.05) is 27.7 Å². The predicted molar refractivity (Wildman–Crippen MR) is 89.6 cm³/mol. The lowest BCUT2D eigenvalue weighted by Gasteiger charge is -2.33. The second kappa shape index (κ2) is 5.96. The third-order valence-corrected chi connectivity index (χ3v) is 4.09. The molecule has 3 N–H and O–H groups in total. The summed E-state index contributed by atoms with van der Waals surface area (Å²) < 4.78 is 0. The Bertz CT molecular complexity index is 511. The normalized spacial score (nSPS) is 16.9. The van der Waals surface area contributed by atoms with Crippen LogP contribution in [0.25, 0.3) is 0 Å². The molecule has 1 amide bonds. The molecule has 1 fully saturated rings. The second-order valence-corrected chi connectivity index (χ2v) is 7.15. The average molecular weight is 289 g/mol. The largest absolute Gasteiger partial charge is 0.397 e. The minimum absolute atomic E-state index is 0.00134. The van der Waals surface area contributed by atoms with Crippen LogP contribution in [0.5, 0.6) is 0 Å². The number of nitrogens with zero attached hydrogens (tertiary/aromatic N) is 1. The first-order valence-corrected chi connectivity index (χ1v) is 7.73. The topological polar surface area (TPSA) is 58.4 Å². The van der Waals surface area contributed by atoms with E-state index in [-0.39, 0.29) is 5.91 Å². The number of rotatable bonds is 2. The van der Waals surface area contributed by atoms with Crippen molar-refractivity contribution in [3.05, 3.63) is 18.2 Å². The first kappa shape index (κ1) is 15.7. The summed E-state index contributed by atoms with van der Waals surface area (Å²) in [6, 6.07) is 5.81. The third-order valence-electron chi connectivity index (χ3n) is 4.09. The molecule has 1 saturated heterocycles. The molecule has 4 nitrogen and oxygen atoms in total. The van der Waals surface area contributed by atoms with Gasteiger partial charge in [0.1, 0.15) is 0 Å². The minimum Gasteiger partial charge on any atom is -0.397 e. The van der Waals surface area contributed by atoms with Gasteiger partial charge < -0.3 is 16.0 Å². The maximum absolute atomic E-state index is 12.0. The molecule has 116 valence electrons. The number of piperidine rings is 1. The Morgan fingerprint density at radius 1 is 1.29 bits per heavy atom. The van der Waals surface area contributed by atoms with Gasteiger partial charge in [0.25, 0.3) is 0 Å². The van der Waals surface area contributed by atoms with Crippen molar-refractivity contribution < 1.29 is 4.79 Å². The van der Waals surface area contributed by atoms with Crippen molar-refractivity contribution in [3.63, 3.8) is 0 Å². The van der Waals surface area contributed by atoms with Crippen LogP contribution < -0.4 is 16.0 Å². The van der Waals surface area contributed by atoms with Crippen molar-refractivity contribution >= 4 is 23.0 Å². The summed E-state index contributed by atoms with van der Waals surface area (Å²) in [4.78, 5) is 14.3. The number of hydrogen-bond acceptors (Lipinski definition) is 3. The van der Waals surface area contributed by atoms with Crippen molar-refractivity contribution in [2.24, 2.45) is 11.3 Å². The molecule has 0 atom stereocenters. The molecule has 21 heavy (non-hydrogen) atoms. The summed E-state index contributed by atoms with van der Waals surface area (Å²) in [6.07, 6.45) is 2.42. The molecule has 1 aromatic rings. The Balaban J connectivity index is 2.09. The van der Waals surface area contributed by atoms with E-state index in [0.29, 0.717) is 0 Å². The Morgan fingerprint density at radius 3 is 2.43 bits per heavy atom. The Morgan fingerprint density at radius 2 is 1.90 bits per heavy atom. The lowest BCUT2D eigenvalue weighted by molar-refractivity contribution is -0.123. The summed E-state index contributed by atoms with van der Waals surface area (Å²) >= 11 is 0. The standard InChI is InChI=1S/C17H27N3O/c1-12-7-9-20(10-8-12)15-6-5-13(11-14(15)18)19-16(21)17(2,3)4/h5-6,11-12H,7-10,18H2,1-4H3,(H,19,21). The number of anilines is 3. The molecule has 1 aliphatic heterocycles. The molecule has 0 spiro atoms. The maximum Gasteiger partial charge on any atom is 0.229 e. The van der Waals surface area contributed by atoms with Crippen molar-refractivity contribution in [2.75, 3.05) is 29.0 Å². The predicted octanol–water partition coefficient (Wildman–Crippen LogP) is 3.49. The van der Waals surface area contributed by atoms with Gasteiger partial charge in [-0.25, -0.2) is 0 Å². The van der Waals surface area contributed by atoms with E-state index in [1.165, 1.54) is 12.8 Å². The van der Waals surface area contributed by atoms with Crippen LogP contribution in [-0.2, 0) is 4.79 Å². The van der Waals surface area contributed by atoms with Crippen molar-refractivity contribution in [3.8, 4) is 0 Å². The van der Waals surface area contributed by atoms with Gasteiger partial charge in [-0.05, 0) is 37.0 Å². The number of nitrogen functional groups attached to an aromatic ring is 1. The maximum atomic E-state index is 12.0. The highest BCUT2D eigenvalue weighted by Crippen LogP contribution is 2.30. The molecule has 0 bridgehead atoms. The highest BCUT2D eigenvalue weighted by atomic mass is 16.2. The van der Waals surface area contributed by atoms with Crippen molar-refractivity contribution in [1.29, 1.82) is 0 Å². The fraction of sp³-hybridized carbons (Fsp3) is 0.588. The second-order valence-electron chi connectivity index (χ2n) is 7.15. The van der Waals surface area contributed by atoms with Crippen LogP contribution in [0.4, 0.5) is 17.1 Å². The molecule has 0 aliphatic carbocycles. The van der Waals surface area contributed by atoms with Gasteiger partial charge in [-0.2, -0.15) is 0 Å². The first-order valence-electron chi connectivity index (χ1n) is 7.73. The van der Waals surface area contributed by atoms with Crippen LogP contribution in [0.3, 0.4) is 0 Å². The number of benzene rings is 1. The van der Waals surface area contributed by atoms with Crippen molar-refractivity contribution in [1.82, 2.24) is 0 Å². The monoisotopic (exact) mass is 289 g/mol. The summed E-state index contributed by atoms with van der Waals surface area (Å²) in [5.74, 6) is 0.800. The molecular weight excluding hydrogens is 262 g/mol. The van der Waals surface area contributed by atoms with Gasteiger partial charge >= 0.3 is 0 Å². The fourth-order valence-electron chi connectivity index (χ4n) is 2.49. The van der Waals surface area contributed by atoms with Gasteiger partial charge in [-0.3, -0.25) is 4.79 Å². The number of hydrogen-bond donors (Lipinski definition) is 2. The molecule has 4 heteroatoms. The summed E-state index contributed by atoms with van der Waals surface area (Å²) in [7, 11) is 0. The number of nitrogens with one attached hydrogen (secondary N) is 1. The van der Waals surface area contributed by atoms with E-state index in [1.54, 1.807) is 0 Å². The lowest BCUT2D eigenvalue weighted by atomic mass is 9.95. The van der Waals surface area contributed by atoms with Crippen LogP contribution in [0.1, 0.15) is 40.5 Å². The van der Waals surface area contributed by atoms with E-state index in [4.69, 9.17) is 5.73 Å². The average Bonchev–Trinajstić information content (AvgIpc) is 2.39. The van der Waals surface area contributed by atoms with Crippen LogP contribution in [0.2, 0.25) is 0 Å². The van der Waals surface area contributed by atoms with Gasteiger partial charge in [0, 0.05) is 24.2 Å². The van der Waals surface area contributed by atoms with E-state index < -0.39 is 5.41 Å². The Kier molecular flexibility index (Phi) is 4.45. The molecule has 0 saturated carbocycles. The highest BCUT2D eigenvalue weighted by Gasteiger charge is 2.22. The van der Waals surface area contributed by atoms with Crippen LogP contribution in [0, 0.1) is 11.3 Å². The zero-order valence-corrected chi connectivity index (χ0v) is 13.6. The summed E-state index contributed by atoms with van der Waals surface area (Å²) in [5.41, 5.74) is 8.35. The Hall–Kier alpha value is -1.71. The van der Waals surface area contributed by atoms with E-state index >= 15 is 0 Å². The molecule has 0 aromatic heterocycles. The molecule has 1 heterocycles. The van der Waals surface area contributed by atoms with Crippen LogP contribution in [0.15, 0.2) is 18.2 Å². The number of amides is 1. The summed E-state index contributed by atoms with van der Waals surface area (Å²) in [6.45, 7) is 10.1. The van der Waals surface area contributed by atoms with E-state index in [2.05, 4.69) is 17.1 Å². The highest BCUT2D eigenvalue weighted by molar-refractivity contribution is 5.95. The third kappa shape index (κ3) is 3.90. The molecule has 1 aromatic carbocycles. The van der Waals surface area contributed by atoms with Gasteiger partial charge in [-0.15, -0.1) is 0 Å². The first-order chi connectivity index (χ1) is 9.77. The van der Waals surface area contributed by atoms with Gasteiger partial charge in [0.15, 0.2) is 0 Å². The molecule has 2 rings (SSSR count). The van der Waals surface area contributed by atoms with Gasteiger partial charge in [0.2, 0.25) is 5.91 Å². The van der Waals surface area contributed by atoms with E-state index in [9.17, 15) is 4.79 Å². The SMILES string of the molecule is CC1CCN(c2ccc(NC(=O)C(C)(C)C)cc2N)CC1. The zero-order chi connectivity index (χ0) is 15.6. The molecular formula is C17H27N3O.